The van der Waals surface area contributed by atoms with Gasteiger partial charge in [-0.15, -0.1) is 0 Å². The first-order valence-corrected chi connectivity index (χ1v) is 7.80. The molecule has 1 aliphatic rings. The first kappa shape index (κ1) is 16.1. The quantitative estimate of drug-likeness (QED) is 0.712. The Kier molecular flexibility index (Phi) is 3.82. The second-order valence-electron chi connectivity index (χ2n) is 5.88. The minimum Gasteiger partial charge on any atom is -0.423 e. The zero-order valence-electron chi connectivity index (χ0n) is 13.6. The van der Waals surface area contributed by atoms with E-state index < -0.39 is 11.6 Å². The van der Waals surface area contributed by atoms with Crippen molar-refractivity contribution in [1.29, 1.82) is 0 Å². The number of ether oxygens (including phenoxy) is 1. The highest BCUT2D eigenvalue weighted by Crippen LogP contribution is 2.46. The van der Waals surface area contributed by atoms with Gasteiger partial charge in [0.25, 0.3) is 0 Å². The molecule has 1 fully saturated rings. The molecular weight excluding hydrogens is 346 g/mol. The summed E-state index contributed by atoms with van der Waals surface area (Å²) < 4.78 is 34.8. The summed E-state index contributed by atoms with van der Waals surface area (Å²) in [7, 11) is 1.63. The van der Waals surface area contributed by atoms with Crippen LogP contribution in [-0.2, 0) is 7.05 Å². The summed E-state index contributed by atoms with van der Waals surface area (Å²) in [4.78, 5) is 7.48. The highest BCUT2D eigenvalue weighted by Gasteiger charge is 2.29. The fraction of sp³-hybridized carbons (Fsp3) is 0.267. The van der Waals surface area contributed by atoms with Crippen LogP contribution in [0.15, 0.2) is 18.3 Å². The number of nitrogens with zero attached hydrogens (tertiary/aromatic N) is 6. The number of benzene rings is 1. The second-order valence-corrected chi connectivity index (χ2v) is 5.88. The number of nitrogens with one attached hydrogen (secondary N) is 1. The Balaban J connectivity index is 1.69. The number of nitrogens with two attached hydrogens (primary N) is 1. The maximum atomic E-state index is 14.5. The molecule has 0 radical (unpaired) electrons. The van der Waals surface area contributed by atoms with Gasteiger partial charge >= 0.3 is 6.01 Å². The third kappa shape index (κ3) is 3.10. The van der Waals surface area contributed by atoms with Gasteiger partial charge in [0.05, 0.1) is 11.9 Å². The molecule has 0 aliphatic heterocycles. The molecule has 3 aromatic rings. The van der Waals surface area contributed by atoms with Crippen molar-refractivity contribution >= 4 is 17.5 Å². The topological polar surface area (TPSA) is 117 Å². The van der Waals surface area contributed by atoms with Crippen LogP contribution in [0.3, 0.4) is 0 Å². The van der Waals surface area contributed by atoms with E-state index in [0.717, 1.165) is 24.6 Å². The van der Waals surface area contributed by atoms with Gasteiger partial charge in [-0.3, -0.25) is 0 Å². The number of halogens is 2. The van der Waals surface area contributed by atoms with Gasteiger partial charge in [-0.05, 0) is 35.3 Å². The van der Waals surface area contributed by atoms with E-state index in [0.29, 0.717) is 5.75 Å². The lowest BCUT2D eigenvalue weighted by Gasteiger charge is -2.13. The molecule has 2 aromatic heterocycles. The molecule has 26 heavy (non-hydrogen) atoms. The fourth-order valence-electron chi connectivity index (χ4n) is 2.43. The van der Waals surface area contributed by atoms with E-state index in [9.17, 15) is 8.78 Å². The van der Waals surface area contributed by atoms with Crippen molar-refractivity contribution in [2.24, 2.45) is 7.05 Å². The zero-order chi connectivity index (χ0) is 18.3. The van der Waals surface area contributed by atoms with Gasteiger partial charge in [0, 0.05) is 18.7 Å². The maximum absolute atomic E-state index is 14.5. The SMILES string of the molecule is Cn1nnnc1Oc1cc(Nc2ncc(F)c(N)n2)c(F)cc1C1CC1. The Morgan fingerprint density at radius 3 is 2.73 bits per heavy atom. The van der Waals surface area contributed by atoms with Crippen molar-refractivity contribution in [3.8, 4) is 11.8 Å². The molecule has 1 saturated carbocycles. The van der Waals surface area contributed by atoms with Crippen molar-refractivity contribution < 1.29 is 13.5 Å². The standard InChI is InChI=1S/C15H14F2N8O/c1-25-15(22-23-24-25)26-12-5-11(9(16)4-8(12)7-2-3-7)20-14-19-6-10(17)13(18)21-14/h4-7H,2-3H2,1H3,(H3,18,19,20,21). The number of hydrogen-bond donors (Lipinski definition) is 2. The molecule has 0 spiro atoms. The molecule has 1 aromatic carbocycles. The Morgan fingerprint density at radius 2 is 2.08 bits per heavy atom. The highest BCUT2D eigenvalue weighted by atomic mass is 19.1. The molecule has 0 bridgehead atoms. The van der Waals surface area contributed by atoms with E-state index >= 15 is 0 Å². The van der Waals surface area contributed by atoms with E-state index in [1.807, 2.05) is 0 Å². The van der Waals surface area contributed by atoms with Crippen molar-refractivity contribution in [3.63, 3.8) is 0 Å². The summed E-state index contributed by atoms with van der Waals surface area (Å²) in [6.45, 7) is 0. The van der Waals surface area contributed by atoms with Gasteiger partial charge in [-0.25, -0.2) is 13.8 Å². The van der Waals surface area contributed by atoms with E-state index in [2.05, 4.69) is 30.8 Å². The molecule has 1 aliphatic carbocycles. The zero-order valence-corrected chi connectivity index (χ0v) is 13.6. The van der Waals surface area contributed by atoms with Crippen molar-refractivity contribution in [2.75, 3.05) is 11.1 Å². The van der Waals surface area contributed by atoms with Crippen LogP contribution in [0.5, 0.6) is 11.8 Å². The van der Waals surface area contributed by atoms with E-state index in [1.54, 1.807) is 7.05 Å². The average molecular weight is 360 g/mol. The predicted octanol–water partition coefficient (Wildman–Crippen LogP) is 2.27. The minimum absolute atomic E-state index is 0.0340. The van der Waals surface area contributed by atoms with Crippen molar-refractivity contribution in [3.05, 3.63) is 35.5 Å². The smallest absolute Gasteiger partial charge is 0.340 e. The molecule has 2 heterocycles. The summed E-state index contributed by atoms with van der Waals surface area (Å²) in [6.07, 6.45) is 2.82. The molecule has 3 N–H and O–H groups in total. The molecule has 4 rings (SSSR count). The van der Waals surface area contributed by atoms with Gasteiger partial charge in [0.2, 0.25) is 5.95 Å². The van der Waals surface area contributed by atoms with Crippen molar-refractivity contribution in [2.45, 2.75) is 18.8 Å². The molecule has 9 nitrogen and oxygen atoms in total. The second kappa shape index (κ2) is 6.17. The minimum atomic E-state index is -0.751. The number of aryl methyl sites for hydroxylation is 1. The van der Waals surface area contributed by atoms with Crippen LogP contribution in [0, 0.1) is 11.6 Å². The summed E-state index contributed by atoms with van der Waals surface area (Å²) in [5.41, 5.74) is 6.20. The van der Waals surface area contributed by atoms with Crippen LogP contribution >= 0.6 is 0 Å². The number of hydrogen-bond acceptors (Lipinski definition) is 8. The van der Waals surface area contributed by atoms with Crippen LogP contribution in [0.1, 0.15) is 24.3 Å². The maximum Gasteiger partial charge on any atom is 0.340 e. The Labute approximate surface area is 146 Å². The molecule has 0 unspecified atom stereocenters. The lowest BCUT2D eigenvalue weighted by Crippen LogP contribution is -2.05. The number of tetrazole rings is 1. The van der Waals surface area contributed by atoms with E-state index in [4.69, 9.17) is 10.5 Å². The predicted molar refractivity (Wildman–Crippen MR) is 86.9 cm³/mol. The van der Waals surface area contributed by atoms with E-state index in [1.165, 1.54) is 16.8 Å². The molecule has 0 saturated heterocycles. The van der Waals surface area contributed by atoms with Gasteiger partial charge in [-0.2, -0.15) is 9.67 Å². The first-order chi connectivity index (χ1) is 12.5. The lowest BCUT2D eigenvalue weighted by molar-refractivity contribution is 0.409. The highest BCUT2D eigenvalue weighted by molar-refractivity contribution is 5.60. The summed E-state index contributed by atoms with van der Waals surface area (Å²) in [6, 6.07) is 3.04. The summed E-state index contributed by atoms with van der Waals surface area (Å²) in [5.74, 6) is -0.982. The average Bonchev–Trinajstić information content (AvgIpc) is 3.37. The number of anilines is 3. The summed E-state index contributed by atoms with van der Waals surface area (Å²) in [5, 5.41) is 13.7. The molecular formula is C15H14F2N8O. The van der Waals surface area contributed by atoms with Gasteiger partial charge in [-0.1, -0.05) is 5.10 Å². The normalized spacial score (nSPS) is 13.7. The van der Waals surface area contributed by atoms with Crippen LogP contribution < -0.4 is 15.8 Å². The van der Waals surface area contributed by atoms with E-state index in [-0.39, 0.29) is 29.4 Å². The first-order valence-electron chi connectivity index (χ1n) is 7.80. The third-order valence-electron chi connectivity index (χ3n) is 3.92. The largest absolute Gasteiger partial charge is 0.423 e. The van der Waals surface area contributed by atoms with Crippen LogP contribution in [0.2, 0.25) is 0 Å². The molecule has 0 amide bonds. The van der Waals surface area contributed by atoms with Gasteiger partial charge in [0.15, 0.2) is 11.6 Å². The van der Waals surface area contributed by atoms with Crippen LogP contribution in [-0.4, -0.2) is 30.2 Å². The number of rotatable bonds is 5. The summed E-state index contributed by atoms with van der Waals surface area (Å²) >= 11 is 0. The molecule has 134 valence electrons. The molecule has 11 heteroatoms. The van der Waals surface area contributed by atoms with Crippen molar-refractivity contribution in [1.82, 2.24) is 30.2 Å². The Morgan fingerprint density at radius 1 is 1.27 bits per heavy atom. The third-order valence-corrected chi connectivity index (χ3v) is 3.92. The van der Waals surface area contributed by atoms with Crippen LogP contribution in [0.25, 0.3) is 0 Å². The monoisotopic (exact) mass is 360 g/mol. The van der Waals surface area contributed by atoms with Gasteiger partial charge < -0.3 is 15.8 Å². The Hall–Kier alpha value is -3.37. The molecule has 0 atom stereocenters. The number of nitrogen functional groups attached to an aromatic ring is 1. The fourth-order valence-corrected chi connectivity index (χ4v) is 2.43. The lowest BCUT2D eigenvalue weighted by atomic mass is 10.1. The van der Waals surface area contributed by atoms with Gasteiger partial charge in [0.1, 0.15) is 11.6 Å². The Bertz CT molecular complexity index is 972. The number of aromatic nitrogens is 6. The van der Waals surface area contributed by atoms with Crippen LogP contribution in [0.4, 0.5) is 26.2 Å².